The van der Waals surface area contributed by atoms with Crippen molar-refractivity contribution in [1.29, 1.82) is 0 Å². The quantitative estimate of drug-likeness (QED) is 0.555. The van der Waals surface area contributed by atoms with Crippen LogP contribution in [0.5, 0.6) is 0 Å². The summed E-state index contributed by atoms with van der Waals surface area (Å²) < 4.78 is 12.5. The highest BCUT2D eigenvalue weighted by Crippen LogP contribution is 2.21. The zero-order chi connectivity index (χ0) is 20.4. The van der Waals surface area contributed by atoms with E-state index in [1.807, 2.05) is 0 Å². The average Bonchev–Trinajstić information content (AvgIpc) is 3.42. The van der Waals surface area contributed by atoms with Gasteiger partial charge in [0.1, 0.15) is 12.1 Å². The van der Waals surface area contributed by atoms with E-state index in [2.05, 4.69) is 20.4 Å². The van der Waals surface area contributed by atoms with E-state index in [0.29, 0.717) is 24.5 Å². The molecule has 4 heterocycles. The molecule has 3 aromatic heterocycles. The highest BCUT2D eigenvalue weighted by atomic mass is 16.5. The molecule has 3 aromatic rings. The van der Waals surface area contributed by atoms with Crippen LogP contribution in [0.15, 0.2) is 35.2 Å². The number of nitrogens with one attached hydrogen (secondary N) is 1. The van der Waals surface area contributed by atoms with E-state index in [1.54, 1.807) is 23.0 Å². The molecule has 0 spiro atoms. The van der Waals surface area contributed by atoms with Gasteiger partial charge in [0.25, 0.3) is 11.8 Å². The third-order valence-corrected chi connectivity index (χ3v) is 4.42. The molecule has 0 aliphatic carbocycles. The predicted molar refractivity (Wildman–Crippen MR) is 102 cm³/mol. The van der Waals surface area contributed by atoms with Gasteiger partial charge in [0.15, 0.2) is 11.4 Å². The Kier molecular flexibility index (Phi) is 4.96. The van der Waals surface area contributed by atoms with Crippen molar-refractivity contribution in [3.05, 3.63) is 42.2 Å². The van der Waals surface area contributed by atoms with E-state index in [4.69, 9.17) is 20.6 Å². The molecule has 0 bridgehead atoms. The first-order chi connectivity index (χ1) is 14.0. The monoisotopic (exact) mass is 397 g/mol. The van der Waals surface area contributed by atoms with Gasteiger partial charge in [-0.15, -0.1) is 0 Å². The largest absolute Gasteiger partial charge is 0.444 e. The molecule has 5 N–H and O–H groups in total. The van der Waals surface area contributed by atoms with Crippen LogP contribution in [0.3, 0.4) is 0 Å². The number of anilines is 2. The summed E-state index contributed by atoms with van der Waals surface area (Å²) in [5, 5.41) is 6.77. The van der Waals surface area contributed by atoms with Gasteiger partial charge in [-0.25, -0.2) is 9.97 Å². The second-order valence-corrected chi connectivity index (χ2v) is 6.57. The van der Waals surface area contributed by atoms with Crippen molar-refractivity contribution in [3.63, 3.8) is 0 Å². The maximum absolute atomic E-state index is 12.6. The van der Waals surface area contributed by atoms with Crippen LogP contribution in [0.25, 0.3) is 11.5 Å². The van der Waals surface area contributed by atoms with Crippen LogP contribution in [-0.2, 0) is 11.3 Å². The van der Waals surface area contributed by atoms with E-state index in [9.17, 15) is 9.59 Å². The summed E-state index contributed by atoms with van der Waals surface area (Å²) in [6, 6.07) is 3.23. The lowest BCUT2D eigenvalue weighted by Gasteiger charge is -2.08. The molecule has 1 saturated heterocycles. The van der Waals surface area contributed by atoms with Crippen molar-refractivity contribution in [2.45, 2.75) is 25.5 Å². The Bertz CT molecular complexity index is 1050. The summed E-state index contributed by atoms with van der Waals surface area (Å²) in [5.41, 5.74) is 11.8. The summed E-state index contributed by atoms with van der Waals surface area (Å²) in [5.74, 6) is -0.800. The second-order valence-electron chi connectivity index (χ2n) is 6.57. The van der Waals surface area contributed by atoms with Crippen molar-refractivity contribution >= 4 is 23.3 Å². The van der Waals surface area contributed by atoms with Gasteiger partial charge in [0.2, 0.25) is 5.89 Å². The number of oxazole rings is 1. The number of nitrogen functional groups attached to an aromatic ring is 1. The van der Waals surface area contributed by atoms with Gasteiger partial charge in [-0.3, -0.25) is 14.3 Å². The van der Waals surface area contributed by atoms with Crippen LogP contribution >= 0.6 is 0 Å². The van der Waals surface area contributed by atoms with Crippen molar-refractivity contribution in [1.82, 2.24) is 19.7 Å². The number of pyridine rings is 1. The summed E-state index contributed by atoms with van der Waals surface area (Å²) in [7, 11) is 0. The van der Waals surface area contributed by atoms with Crippen LogP contribution < -0.4 is 16.8 Å². The Morgan fingerprint density at radius 1 is 1.38 bits per heavy atom. The Balaban J connectivity index is 1.52. The third kappa shape index (κ3) is 4.09. The van der Waals surface area contributed by atoms with Gasteiger partial charge >= 0.3 is 0 Å². The van der Waals surface area contributed by atoms with Gasteiger partial charge in [-0.1, -0.05) is 0 Å². The fourth-order valence-corrected chi connectivity index (χ4v) is 3.06. The molecular weight excluding hydrogens is 378 g/mol. The minimum atomic E-state index is -0.750. The molecule has 1 atom stereocenters. The van der Waals surface area contributed by atoms with Crippen LogP contribution in [0.1, 0.15) is 33.8 Å². The number of rotatable bonds is 6. The number of carbonyl (C=O) groups is 2. The lowest BCUT2D eigenvalue weighted by Crippen LogP contribution is -2.18. The molecule has 0 unspecified atom stereocenters. The molecule has 0 saturated carbocycles. The molecule has 0 aromatic carbocycles. The van der Waals surface area contributed by atoms with Crippen molar-refractivity contribution in [2.75, 3.05) is 17.7 Å². The van der Waals surface area contributed by atoms with Crippen molar-refractivity contribution < 1.29 is 18.7 Å². The summed E-state index contributed by atoms with van der Waals surface area (Å²) in [6.45, 7) is 1.17. The van der Waals surface area contributed by atoms with Gasteiger partial charge in [0.05, 0.1) is 18.3 Å². The maximum atomic E-state index is 12.6. The zero-order valence-corrected chi connectivity index (χ0v) is 15.4. The summed E-state index contributed by atoms with van der Waals surface area (Å²) in [6.07, 6.45) is 6.18. The number of nitrogens with zero attached hydrogens (tertiary/aromatic N) is 4. The Hall–Kier alpha value is -3.73. The number of nitrogens with two attached hydrogens (primary N) is 2. The summed E-state index contributed by atoms with van der Waals surface area (Å²) >= 11 is 0. The zero-order valence-electron chi connectivity index (χ0n) is 15.4. The maximum Gasteiger partial charge on any atom is 0.277 e. The fourth-order valence-electron chi connectivity index (χ4n) is 3.06. The molecule has 2 amide bonds. The van der Waals surface area contributed by atoms with E-state index in [-0.39, 0.29) is 29.1 Å². The second kappa shape index (κ2) is 7.72. The number of hydrogen-bond donors (Lipinski definition) is 3. The SMILES string of the molecule is NC(=O)c1nn(C[C@@H]2CCCO2)cc1NC(=O)c1coc(-c2ccnc(N)c2)n1. The lowest BCUT2D eigenvalue weighted by molar-refractivity contribution is 0.0927. The van der Waals surface area contributed by atoms with E-state index < -0.39 is 11.8 Å². The topological polar surface area (TPSA) is 164 Å². The number of carbonyl (C=O) groups excluding carboxylic acids is 2. The van der Waals surface area contributed by atoms with Crippen molar-refractivity contribution in [2.24, 2.45) is 5.73 Å². The van der Waals surface area contributed by atoms with E-state index in [0.717, 1.165) is 12.8 Å². The minimum absolute atomic E-state index is 0.0186. The lowest BCUT2D eigenvalue weighted by atomic mass is 10.2. The number of ether oxygens (including phenoxy) is 1. The molecule has 11 heteroatoms. The minimum Gasteiger partial charge on any atom is -0.444 e. The molecule has 1 aliphatic rings. The number of primary amides is 1. The Morgan fingerprint density at radius 2 is 2.24 bits per heavy atom. The highest BCUT2D eigenvalue weighted by molar-refractivity contribution is 6.07. The number of hydrogen-bond acceptors (Lipinski definition) is 8. The summed E-state index contributed by atoms with van der Waals surface area (Å²) in [4.78, 5) is 32.3. The first-order valence-electron chi connectivity index (χ1n) is 8.97. The van der Waals surface area contributed by atoms with Crippen LogP contribution in [0.2, 0.25) is 0 Å². The molecular formula is C18H19N7O4. The van der Waals surface area contributed by atoms with Gasteiger partial charge in [-0.05, 0) is 25.0 Å². The molecule has 1 aliphatic heterocycles. The molecule has 11 nitrogen and oxygen atoms in total. The standard InChI is InChI=1S/C18H19N7O4/c19-14-6-10(3-4-21-14)18-23-13(9-29-18)17(27)22-12-8-25(24-15(12)16(20)26)7-11-2-1-5-28-11/h3-4,6,8-9,11H,1-2,5,7H2,(H2,19,21)(H2,20,26)(H,22,27)/t11-/m0/s1. The average molecular weight is 397 g/mol. The molecule has 0 radical (unpaired) electrons. The molecule has 1 fully saturated rings. The van der Waals surface area contributed by atoms with Gasteiger partial charge < -0.3 is 25.9 Å². The Morgan fingerprint density at radius 3 is 2.97 bits per heavy atom. The predicted octanol–water partition coefficient (Wildman–Crippen LogP) is 1.05. The highest BCUT2D eigenvalue weighted by Gasteiger charge is 2.22. The Labute approximate surface area is 165 Å². The van der Waals surface area contributed by atoms with Crippen LogP contribution in [-0.4, -0.2) is 44.3 Å². The van der Waals surface area contributed by atoms with Gasteiger partial charge in [-0.2, -0.15) is 5.10 Å². The van der Waals surface area contributed by atoms with Gasteiger partial charge in [0, 0.05) is 24.6 Å². The third-order valence-electron chi connectivity index (χ3n) is 4.42. The van der Waals surface area contributed by atoms with E-state index >= 15 is 0 Å². The first-order valence-corrected chi connectivity index (χ1v) is 8.97. The molecule has 29 heavy (non-hydrogen) atoms. The molecule has 4 rings (SSSR count). The van der Waals surface area contributed by atoms with E-state index in [1.165, 1.54) is 12.5 Å². The smallest absolute Gasteiger partial charge is 0.277 e. The number of aromatic nitrogens is 4. The fraction of sp³-hybridized carbons (Fsp3) is 0.278. The van der Waals surface area contributed by atoms with Crippen LogP contribution in [0, 0.1) is 0 Å². The first kappa shape index (κ1) is 18.6. The van der Waals surface area contributed by atoms with Crippen LogP contribution in [0.4, 0.5) is 11.5 Å². The molecule has 150 valence electrons. The van der Waals surface area contributed by atoms with Crippen molar-refractivity contribution in [3.8, 4) is 11.5 Å². The normalized spacial score (nSPS) is 16.1. The number of amides is 2.